The first-order chi connectivity index (χ1) is 14.5. The average molecular weight is 463 g/mol. The first-order valence-electron chi connectivity index (χ1n) is 9.75. The summed E-state index contributed by atoms with van der Waals surface area (Å²) < 4.78 is 71.6. The number of aromatic nitrogens is 4. The van der Waals surface area contributed by atoms with E-state index in [1.54, 1.807) is 6.92 Å². The molecule has 2 fully saturated rings. The molecule has 4 rings (SSSR count). The second-order valence-electron chi connectivity index (χ2n) is 7.95. The van der Waals surface area contributed by atoms with E-state index in [-0.39, 0.29) is 42.1 Å². The molecule has 2 aliphatic heterocycles. The lowest BCUT2D eigenvalue weighted by molar-refractivity contribution is -0.220. The second kappa shape index (κ2) is 7.59. The molecule has 0 saturated carbocycles. The van der Waals surface area contributed by atoms with Gasteiger partial charge in [-0.2, -0.15) is 9.97 Å². The fourth-order valence-electron chi connectivity index (χ4n) is 3.48. The molecule has 0 radical (unpaired) electrons. The van der Waals surface area contributed by atoms with E-state index in [1.807, 2.05) is 13.8 Å². The van der Waals surface area contributed by atoms with Gasteiger partial charge in [-0.1, -0.05) is 13.8 Å². The summed E-state index contributed by atoms with van der Waals surface area (Å²) in [5.74, 6) is -2.77. The Morgan fingerprint density at radius 2 is 2.16 bits per heavy atom. The molecule has 0 aliphatic carbocycles. The van der Waals surface area contributed by atoms with Crippen molar-refractivity contribution >= 4 is 24.9 Å². The monoisotopic (exact) mass is 463 g/mol. The van der Waals surface area contributed by atoms with Gasteiger partial charge in [-0.15, -0.1) is 0 Å². The second-order valence-corrected chi connectivity index (χ2v) is 9.57. The Hall–Kier alpha value is -1.92. The molecule has 31 heavy (non-hydrogen) atoms. The molecule has 14 heteroatoms. The number of halogens is 2. The lowest BCUT2D eigenvalue weighted by Gasteiger charge is -2.36. The highest BCUT2D eigenvalue weighted by Crippen LogP contribution is 2.63. The van der Waals surface area contributed by atoms with Gasteiger partial charge in [0.15, 0.2) is 29.2 Å². The van der Waals surface area contributed by atoms with Crippen LogP contribution >= 0.6 is 7.82 Å². The highest BCUT2D eigenvalue weighted by molar-refractivity contribution is 7.48. The molecule has 172 valence electrons. The van der Waals surface area contributed by atoms with Crippen LogP contribution in [0.1, 0.15) is 33.9 Å². The standard InChI is InChI=1S/C17H24F2N5O6P/c1-5-26-12-10-11(22-15(20)23-12)24(8-21-10)14-16(4,18)13-17(19,29-14)7-28-31(25,30-13)27-6-9(2)3/h8-9,13-14H,5-7H2,1-4H3,(H2,20,22,23)/t13-,14+,16+,17+,31?/m0/s1. The number of imidazole rings is 1. The van der Waals surface area contributed by atoms with Crippen molar-refractivity contribution in [3.63, 3.8) is 0 Å². The Kier molecular flexibility index (Phi) is 5.46. The van der Waals surface area contributed by atoms with Gasteiger partial charge in [0.25, 0.3) is 5.85 Å². The van der Waals surface area contributed by atoms with Crippen molar-refractivity contribution < 1.29 is 36.4 Å². The predicted octanol–water partition coefficient (Wildman–Crippen LogP) is 2.93. The lowest BCUT2D eigenvalue weighted by Crippen LogP contribution is -2.51. The highest BCUT2D eigenvalue weighted by Gasteiger charge is 2.70. The van der Waals surface area contributed by atoms with Gasteiger partial charge in [0, 0.05) is 0 Å². The summed E-state index contributed by atoms with van der Waals surface area (Å²) in [6, 6.07) is 0. The number of phosphoric ester groups is 1. The summed E-state index contributed by atoms with van der Waals surface area (Å²) in [5, 5.41) is 0. The van der Waals surface area contributed by atoms with Crippen LogP contribution in [0.3, 0.4) is 0 Å². The summed E-state index contributed by atoms with van der Waals surface area (Å²) in [5.41, 5.74) is 3.50. The SMILES string of the molecule is CCOc1nc(N)nc2c1ncn2[C@@H]1O[C@]2(F)COP(=O)(OCC(C)C)O[C@H]2[C@@]1(C)F. The third-order valence-corrected chi connectivity index (χ3v) is 6.23. The van der Waals surface area contributed by atoms with E-state index < -0.39 is 38.3 Å². The number of phosphoric acid groups is 1. The maximum atomic E-state index is 16.0. The van der Waals surface area contributed by atoms with E-state index >= 15 is 8.78 Å². The Morgan fingerprint density at radius 1 is 1.42 bits per heavy atom. The minimum absolute atomic E-state index is 0.00131. The van der Waals surface area contributed by atoms with E-state index in [0.717, 1.165) is 6.92 Å². The first-order valence-corrected chi connectivity index (χ1v) is 11.2. The van der Waals surface area contributed by atoms with E-state index in [4.69, 9.17) is 28.8 Å². The van der Waals surface area contributed by atoms with E-state index in [0.29, 0.717) is 0 Å². The van der Waals surface area contributed by atoms with Crippen molar-refractivity contribution in [1.82, 2.24) is 19.5 Å². The van der Waals surface area contributed by atoms with Crippen LogP contribution in [0.5, 0.6) is 5.88 Å². The lowest BCUT2D eigenvalue weighted by atomic mass is 9.97. The number of nitrogens with zero attached hydrogens (tertiary/aromatic N) is 4. The molecular weight excluding hydrogens is 439 g/mol. The number of ether oxygens (including phenoxy) is 2. The van der Waals surface area contributed by atoms with Crippen LogP contribution in [0.25, 0.3) is 11.2 Å². The van der Waals surface area contributed by atoms with Crippen LogP contribution in [0.15, 0.2) is 6.33 Å². The molecule has 0 amide bonds. The number of rotatable bonds is 6. The third kappa shape index (κ3) is 3.78. The van der Waals surface area contributed by atoms with Gasteiger partial charge >= 0.3 is 7.82 Å². The molecule has 11 nitrogen and oxygen atoms in total. The number of fused-ring (bicyclic) bond motifs is 2. The smallest absolute Gasteiger partial charge is 0.475 e. The summed E-state index contributed by atoms with van der Waals surface area (Å²) in [4.78, 5) is 12.2. The van der Waals surface area contributed by atoms with Crippen LogP contribution in [0, 0.1) is 5.92 Å². The van der Waals surface area contributed by atoms with Crippen molar-refractivity contribution in [3.8, 4) is 5.88 Å². The van der Waals surface area contributed by atoms with Gasteiger partial charge in [-0.05, 0) is 19.8 Å². The molecule has 2 aliphatic rings. The molecule has 0 spiro atoms. The largest absolute Gasteiger partial charge is 0.476 e. The van der Waals surface area contributed by atoms with Gasteiger partial charge < -0.3 is 15.2 Å². The van der Waals surface area contributed by atoms with Crippen molar-refractivity contribution in [2.75, 3.05) is 25.6 Å². The summed E-state index contributed by atoms with van der Waals surface area (Å²) >= 11 is 0. The Balaban J connectivity index is 1.70. The van der Waals surface area contributed by atoms with Gasteiger partial charge in [-0.25, -0.2) is 18.3 Å². The maximum Gasteiger partial charge on any atom is 0.475 e. The molecule has 0 bridgehead atoms. The minimum atomic E-state index is -4.19. The number of hydrogen-bond acceptors (Lipinski definition) is 10. The fraction of sp³-hybridized carbons (Fsp3) is 0.706. The zero-order valence-corrected chi connectivity index (χ0v) is 18.3. The number of nitrogen functional groups attached to an aromatic ring is 1. The zero-order valence-electron chi connectivity index (χ0n) is 17.4. The molecule has 0 aromatic carbocycles. The Labute approximate surface area is 176 Å². The van der Waals surface area contributed by atoms with Crippen molar-refractivity contribution in [2.45, 2.75) is 51.6 Å². The highest BCUT2D eigenvalue weighted by atomic mass is 31.2. The van der Waals surface area contributed by atoms with Gasteiger partial charge in [-0.3, -0.25) is 18.1 Å². The van der Waals surface area contributed by atoms with Crippen LogP contribution in [0.2, 0.25) is 0 Å². The number of anilines is 1. The molecule has 4 heterocycles. The molecule has 2 aromatic heterocycles. The third-order valence-electron chi connectivity index (χ3n) is 4.86. The van der Waals surface area contributed by atoms with Crippen molar-refractivity contribution in [1.29, 1.82) is 0 Å². The van der Waals surface area contributed by atoms with Crippen LogP contribution in [0.4, 0.5) is 14.7 Å². The molecule has 2 aromatic rings. The quantitative estimate of drug-likeness (QED) is 0.638. The Morgan fingerprint density at radius 3 is 2.84 bits per heavy atom. The van der Waals surface area contributed by atoms with E-state index in [2.05, 4.69) is 15.0 Å². The number of nitrogens with two attached hydrogens (primary N) is 1. The average Bonchev–Trinajstić information content (AvgIpc) is 3.18. The fourth-order valence-corrected chi connectivity index (χ4v) is 5.12. The summed E-state index contributed by atoms with van der Waals surface area (Å²) in [6.07, 6.45) is -2.27. The maximum absolute atomic E-state index is 16.0. The first kappa shape index (κ1) is 22.3. The van der Waals surface area contributed by atoms with Crippen LogP contribution in [-0.2, 0) is 22.9 Å². The van der Waals surface area contributed by atoms with Gasteiger partial charge in [0.1, 0.15) is 6.61 Å². The Bertz CT molecular complexity index is 1040. The number of hydrogen-bond donors (Lipinski definition) is 1. The molecule has 2 saturated heterocycles. The van der Waals surface area contributed by atoms with Gasteiger partial charge in [0.05, 0.1) is 19.5 Å². The van der Waals surface area contributed by atoms with Crippen molar-refractivity contribution in [2.24, 2.45) is 5.92 Å². The van der Waals surface area contributed by atoms with Gasteiger partial charge in [0.2, 0.25) is 11.8 Å². The summed E-state index contributed by atoms with van der Waals surface area (Å²) in [6.45, 7) is 5.92. The topological polar surface area (TPSA) is 133 Å². The van der Waals surface area contributed by atoms with Crippen LogP contribution < -0.4 is 10.5 Å². The predicted molar refractivity (Wildman–Crippen MR) is 104 cm³/mol. The zero-order chi connectivity index (χ0) is 22.6. The minimum Gasteiger partial charge on any atom is -0.476 e. The van der Waals surface area contributed by atoms with E-state index in [9.17, 15) is 4.57 Å². The molecular formula is C17H24F2N5O6P. The molecule has 5 atom stereocenters. The number of alkyl halides is 2. The van der Waals surface area contributed by atoms with Crippen LogP contribution in [-0.4, -0.2) is 57.0 Å². The molecule has 1 unspecified atom stereocenters. The van der Waals surface area contributed by atoms with E-state index in [1.165, 1.54) is 10.9 Å². The molecule has 2 N–H and O–H groups in total. The van der Waals surface area contributed by atoms with Crippen molar-refractivity contribution in [3.05, 3.63) is 6.33 Å². The summed E-state index contributed by atoms with van der Waals surface area (Å²) in [7, 11) is -4.19. The normalized spacial score (nSPS) is 35.6.